The van der Waals surface area contributed by atoms with Gasteiger partial charge in [-0.2, -0.15) is 0 Å². The summed E-state index contributed by atoms with van der Waals surface area (Å²) in [6, 6.07) is 15.2. The number of aryl methyl sites for hydroxylation is 1. The number of hydrogen-bond acceptors (Lipinski definition) is 3. The minimum absolute atomic E-state index is 0.0166. The van der Waals surface area contributed by atoms with E-state index >= 15 is 0 Å². The molecule has 0 radical (unpaired) electrons. The van der Waals surface area contributed by atoms with E-state index < -0.39 is 10.0 Å². The Morgan fingerprint density at radius 3 is 2.62 bits per heavy atom. The molecule has 0 spiro atoms. The molecule has 1 N–H and O–H groups in total. The second kappa shape index (κ2) is 8.01. The van der Waals surface area contributed by atoms with E-state index in [1.54, 1.807) is 24.0 Å². The second-order valence-corrected chi connectivity index (χ2v) is 8.37. The Bertz CT molecular complexity index is 879. The number of nitrogens with zero attached hydrogens (tertiary/aromatic N) is 1. The van der Waals surface area contributed by atoms with Crippen molar-refractivity contribution in [3.8, 4) is 0 Å². The van der Waals surface area contributed by atoms with Crippen LogP contribution >= 0.6 is 0 Å². The van der Waals surface area contributed by atoms with Gasteiger partial charge in [-0.15, -0.1) is 0 Å². The lowest BCUT2D eigenvalue weighted by Crippen LogP contribution is -2.34. The van der Waals surface area contributed by atoms with Gasteiger partial charge in [0, 0.05) is 26.6 Å². The van der Waals surface area contributed by atoms with E-state index in [4.69, 9.17) is 0 Å². The molecule has 1 aliphatic rings. The predicted octanol–water partition coefficient (Wildman–Crippen LogP) is 2.50. The van der Waals surface area contributed by atoms with E-state index in [9.17, 15) is 13.2 Å². The topological polar surface area (TPSA) is 66.5 Å². The Morgan fingerprint density at radius 2 is 1.88 bits per heavy atom. The van der Waals surface area contributed by atoms with Crippen LogP contribution in [0.2, 0.25) is 0 Å². The molecule has 0 aromatic heterocycles. The number of nitrogens with one attached hydrogen (secondary N) is 1. The summed E-state index contributed by atoms with van der Waals surface area (Å²) in [5.74, 6) is 0.0166. The average molecular weight is 372 g/mol. The third kappa shape index (κ3) is 4.51. The number of carbonyl (C=O) groups excluding carboxylic acids is 1. The van der Waals surface area contributed by atoms with Crippen LogP contribution in [-0.4, -0.2) is 32.3 Å². The van der Waals surface area contributed by atoms with Gasteiger partial charge in [0.1, 0.15) is 0 Å². The van der Waals surface area contributed by atoms with E-state index in [2.05, 4.69) is 4.72 Å². The maximum atomic E-state index is 12.6. The maximum absolute atomic E-state index is 12.6. The van der Waals surface area contributed by atoms with Crippen molar-refractivity contribution in [2.45, 2.75) is 37.6 Å². The lowest BCUT2D eigenvalue weighted by molar-refractivity contribution is -0.129. The first-order chi connectivity index (χ1) is 12.5. The van der Waals surface area contributed by atoms with E-state index in [0.29, 0.717) is 19.6 Å². The minimum atomic E-state index is -3.54. The summed E-state index contributed by atoms with van der Waals surface area (Å²) >= 11 is 0. The van der Waals surface area contributed by atoms with Crippen molar-refractivity contribution in [2.24, 2.45) is 0 Å². The zero-order chi connectivity index (χ0) is 18.6. The molecule has 0 fully saturated rings. The van der Waals surface area contributed by atoms with E-state index in [-0.39, 0.29) is 10.8 Å². The van der Waals surface area contributed by atoms with Gasteiger partial charge in [-0.1, -0.05) is 36.4 Å². The highest BCUT2D eigenvalue weighted by Gasteiger charge is 2.21. The van der Waals surface area contributed by atoms with Crippen molar-refractivity contribution in [3.63, 3.8) is 0 Å². The Hall–Kier alpha value is -2.18. The Labute approximate surface area is 155 Å². The number of hydrogen-bond donors (Lipinski definition) is 1. The number of benzene rings is 2. The monoisotopic (exact) mass is 372 g/mol. The third-order valence-electron chi connectivity index (χ3n) is 4.72. The number of fused-ring (bicyclic) bond motifs is 1. The van der Waals surface area contributed by atoms with E-state index in [1.165, 1.54) is 5.56 Å². The summed E-state index contributed by atoms with van der Waals surface area (Å²) in [7, 11) is -3.54. The van der Waals surface area contributed by atoms with Crippen molar-refractivity contribution < 1.29 is 13.2 Å². The van der Waals surface area contributed by atoms with Crippen LogP contribution in [0.15, 0.2) is 53.4 Å². The van der Waals surface area contributed by atoms with Gasteiger partial charge in [0.15, 0.2) is 0 Å². The molecule has 0 bridgehead atoms. The molecule has 6 heteroatoms. The van der Waals surface area contributed by atoms with Gasteiger partial charge in [0.2, 0.25) is 15.9 Å². The van der Waals surface area contributed by atoms with Crippen LogP contribution in [0.25, 0.3) is 0 Å². The summed E-state index contributed by atoms with van der Waals surface area (Å²) in [6.45, 7) is 3.10. The highest BCUT2D eigenvalue weighted by atomic mass is 32.2. The summed E-state index contributed by atoms with van der Waals surface area (Å²) in [4.78, 5) is 13.6. The normalized spacial score (nSPS) is 14.1. The molecule has 1 aliphatic heterocycles. The molecule has 0 aliphatic carbocycles. The zero-order valence-corrected chi connectivity index (χ0v) is 15.8. The number of rotatable bonds is 6. The Kier molecular flexibility index (Phi) is 5.74. The summed E-state index contributed by atoms with van der Waals surface area (Å²) in [5, 5.41) is 0. The second-order valence-electron chi connectivity index (χ2n) is 6.61. The van der Waals surface area contributed by atoms with Crippen molar-refractivity contribution in [1.82, 2.24) is 9.62 Å². The molecule has 1 heterocycles. The zero-order valence-electron chi connectivity index (χ0n) is 14.9. The molecule has 3 rings (SSSR count). The number of sulfonamides is 1. The van der Waals surface area contributed by atoms with E-state index in [0.717, 1.165) is 30.4 Å². The standard InChI is InChI=1S/C20H24N2O3S/c1-16(23)22-13-11-18-9-10-20(14-19(18)15-22)26(24,25)21-12-5-8-17-6-3-2-4-7-17/h2-4,6-7,9-10,14,21H,5,8,11-13,15H2,1H3. The fourth-order valence-electron chi connectivity index (χ4n) is 3.20. The van der Waals surface area contributed by atoms with Crippen LogP contribution in [-0.2, 0) is 34.2 Å². The Balaban J connectivity index is 1.62. The van der Waals surface area contributed by atoms with Gasteiger partial charge >= 0.3 is 0 Å². The van der Waals surface area contributed by atoms with Crippen molar-refractivity contribution in [2.75, 3.05) is 13.1 Å². The van der Waals surface area contributed by atoms with Crippen molar-refractivity contribution >= 4 is 15.9 Å². The SMILES string of the molecule is CC(=O)N1CCc2ccc(S(=O)(=O)NCCCc3ccccc3)cc2C1. The summed E-state index contributed by atoms with van der Waals surface area (Å²) < 4.78 is 27.8. The molecule has 0 saturated carbocycles. The van der Waals surface area contributed by atoms with Gasteiger partial charge in [0.25, 0.3) is 0 Å². The van der Waals surface area contributed by atoms with Gasteiger partial charge in [-0.05, 0) is 48.1 Å². The van der Waals surface area contributed by atoms with Gasteiger partial charge in [0.05, 0.1) is 4.90 Å². The molecule has 26 heavy (non-hydrogen) atoms. The Morgan fingerprint density at radius 1 is 1.12 bits per heavy atom. The third-order valence-corrected chi connectivity index (χ3v) is 6.18. The highest BCUT2D eigenvalue weighted by Crippen LogP contribution is 2.22. The molecular formula is C20H24N2O3S. The predicted molar refractivity (Wildman–Crippen MR) is 101 cm³/mol. The van der Waals surface area contributed by atoms with Crippen LogP contribution in [0.4, 0.5) is 0 Å². The first kappa shape index (κ1) is 18.6. The van der Waals surface area contributed by atoms with Crippen LogP contribution < -0.4 is 4.72 Å². The highest BCUT2D eigenvalue weighted by molar-refractivity contribution is 7.89. The minimum Gasteiger partial charge on any atom is -0.338 e. The van der Waals surface area contributed by atoms with Crippen LogP contribution in [0, 0.1) is 0 Å². The molecule has 2 aromatic carbocycles. The lowest BCUT2D eigenvalue weighted by atomic mass is 10.00. The van der Waals surface area contributed by atoms with Crippen LogP contribution in [0.1, 0.15) is 30.0 Å². The van der Waals surface area contributed by atoms with Gasteiger partial charge in [-0.25, -0.2) is 13.1 Å². The molecule has 0 saturated heterocycles. The smallest absolute Gasteiger partial charge is 0.240 e. The number of carbonyl (C=O) groups is 1. The summed E-state index contributed by atoms with van der Waals surface area (Å²) in [6.07, 6.45) is 2.34. The molecule has 2 aromatic rings. The largest absolute Gasteiger partial charge is 0.338 e. The first-order valence-corrected chi connectivity index (χ1v) is 10.3. The van der Waals surface area contributed by atoms with Crippen LogP contribution in [0.3, 0.4) is 0 Å². The fraction of sp³-hybridized carbons (Fsp3) is 0.350. The average Bonchev–Trinajstić information content (AvgIpc) is 2.65. The molecule has 5 nitrogen and oxygen atoms in total. The molecular weight excluding hydrogens is 348 g/mol. The summed E-state index contributed by atoms with van der Waals surface area (Å²) in [5.41, 5.74) is 3.23. The quantitative estimate of drug-likeness (QED) is 0.793. The fourth-order valence-corrected chi connectivity index (χ4v) is 4.32. The number of amides is 1. The molecule has 0 atom stereocenters. The van der Waals surface area contributed by atoms with Crippen LogP contribution in [0.5, 0.6) is 0 Å². The molecule has 138 valence electrons. The first-order valence-electron chi connectivity index (χ1n) is 8.86. The van der Waals surface area contributed by atoms with Crippen molar-refractivity contribution in [3.05, 3.63) is 65.2 Å². The van der Waals surface area contributed by atoms with E-state index in [1.807, 2.05) is 36.4 Å². The van der Waals surface area contributed by atoms with Gasteiger partial charge in [-0.3, -0.25) is 4.79 Å². The molecule has 1 amide bonds. The van der Waals surface area contributed by atoms with Crippen molar-refractivity contribution in [1.29, 1.82) is 0 Å². The van der Waals surface area contributed by atoms with Gasteiger partial charge < -0.3 is 4.90 Å². The maximum Gasteiger partial charge on any atom is 0.240 e. The lowest BCUT2D eigenvalue weighted by Gasteiger charge is -2.28. The molecule has 0 unspecified atom stereocenters.